The van der Waals surface area contributed by atoms with Crippen LogP contribution < -0.4 is 5.32 Å². The molecule has 2 aromatic heterocycles. The maximum absolute atomic E-state index is 13.0. The second kappa shape index (κ2) is 6.12. The molecule has 1 unspecified atom stereocenters. The largest absolute Gasteiger partial charge is 0.394 e. The van der Waals surface area contributed by atoms with Crippen LogP contribution in [0.4, 0.5) is 0 Å². The van der Waals surface area contributed by atoms with E-state index in [1.165, 1.54) is 0 Å². The van der Waals surface area contributed by atoms with E-state index < -0.39 is 0 Å². The lowest BCUT2D eigenvalue weighted by Gasteiger charge is -2.29. The monoisotopic (exact) mass is 369 g/mol. The first-order chi connectivity index (χ1) is 12.7. The van der Waals surface area contributed by atoms with Crippen LogP contribution in [-0.4, -0.2) is 43.4 Å². The van der Waals surface area contributed by atoms with Gasteiger partial charge in [-0.25, -0.2) is 9.67 Å². The zero-order valence-electron chi connectivity index (χ0n) is 16.4. The van der Waals surface area contributed by atoms with Crippen LogP contribution in [0.2, 0.25) is 0 Å². The summed E-state index contributed by atoms with van der Waals surface area (Å²) in [6.07, 6.45) is 7.97. The van der Waals surface area contributed by atoms with E-state index in [4.69, 9.17) is 0 Å². The molecule has 7 heteroatoms. The van der Waals surface area contributed by atoms with Crippen LogP contribution in [0.25, 0.3) is 5.82 Å². The number of amides is 1. The van der Waals surface area contributed by atoms with Gasteiger partial charge in [0, 0.05) is 23.9 Å². The Morgan fingerprint density at radius 2 is 2.22 bits per heavy atom. The van der Waals surface area contributed by atoms with Crippen LogP contribution in [0.15, 0.2) is 18.6 Å². The number of aliphatic hydroxyl groups is 1. The first kappa shape index (κ1) is 18.1. The standard InChI is InChI=1S/C20H27N5O2/c1-19(2,3)14(11-26)23-18(27)16-12-5-6-20(4)9-13(20)17(12)25(24-16)15-10-21-7-8-22-15/h7-8,10,13-14,26H,5-6,9,11H2,1-4H3,(H,23,27)/t13?,14-,20-/m1/s1. The highest BCUT2D eigenvalue weighted by molar-refractivity contribution is 5.94. The number of aromatic nitrogens is 4. The van der Waals surface area contributed by atoms with Crippen molar-refractivity contribution < 1.29 is 9.90 Å². The number of carbonyl (C=O) groups is 1. The summed E-state index contributed by atoms with van der Waals surface area (Å²) in [5.41, 5.74) is 2.63. The highest BCUT2D eigenvalue weighted by atomic mass is 16.3. The SMILES string of the molecule is CC(C)(C)[C@@H](CO)NC(=O)c1nn(-c2cnccn2)c2c1CC[C@]1(C)CC21. The maximum atomic E-state index is 13.0. The number of hydrogen-bond donors (Lipinski definition) is 2. The molecule has 1 amide bonds. The van der Waals surface area contributed by atoms with E-state index in [0.717, 1.165) is 30.5 Å². The predicted molar refractivity (Wildman–Crippen MR) is 101 cm³/mol. The summed E-state index contributed by atoms with van der Waals surface area (Å²) in [6.45, 7) is 8.19. The zero-order chi connectivity index (χ0) is 19.4. The van der Waals surface area contributed by atoms with E-state index in [0.29, 0.717) is 22.8 Å². The lowest BCUT2D eigenvalue weighted by molar-refractivity contribution is 0.0841. The second-order valence-electron chi connectivity index (χ2n) is 9.17. The molecule has 0 bridgehead atoms. The molecule has 2 heterocycles. The lowest BCUT2D eigenvalue weighted by Crippen LogP contribution is -2.46. The Morgan fingerprint density at radius 1 is 1.44 bits per heavy atom. The molecule has 3 atom stereocenters. The van der Waals surface area contributed by atoms with E-state index in [2.05, 4.69) is 27.3 Å². The third-order valence-electron chi connectivity index (χ3n) is 6.17. The van der Waals surface area contributed by atoms with Gasteiger partial charge in [0.25, 0.3) is 5.91 Å². The topological polar surface area (TPSA) is 92.9 Å². The molecular weight excluding hydrogens is 342 g/mol. The van der Waals surface area contributed by atoms with Gasteiger partial charge in [-0.2, -0.15) is 5.10 Å². The molecule has 7 nitrogen and oxygen atoms in total. The molecule has 0 spiro atoms. The molecule has 1 saturated carbocycles. The first-order valence-electron chi connectivity index (χ1n) is 9.54. The summed E-state index contributed by atoms with van der Waals surface area (Å²) in [5.74, 6) is 0.819. The third kappa shape index (κ3) is 3.04. The van der Waals surface area contributed by atoms with Crippen LogP contribution in [0.5, 0.6) is 0 Å². The van der Waals surface area contributed by atoms with Gasteiger partial charge in [-0.3, -0.25) is 9.78 Å². The minimum absolute atomic E-state index is 0.108. The van der Waals surface area contributed by atoms with Crippen molar-refractivity contribution in [2.45, 2.75) is 58.9 Å². The van der Waals surface area contributed by atoms with Crippen molar-refractivity contribution >= 4 is 5.91 Å². The average molecular weight is 369 g/mol. The van der Waals surface area contributed by atoms with E-state index in [9.17, 15) is 9.90 Å². The van der Waals surface area contributed by atoms with Crippen LogP contribution in [0.1, 0.15) is 68.2 Å². The van der Waals surface area contributed by atoms with Gasteiger partial charge in [-0.05, 0) is 30.1 Å². The molecule has 2 N–H and O–H groups in total. The Kier molecular flexibility index (Phi) is 4.10. The van der Waals surface area contributed by atoms with Gasteiger partial charge in [0.05, 0.1) is 24.5 Å². The number of hydrogen-bond acceptors (Lipinski definition) is 5. The predicted octanol–water partition coefficient (Wildman–Crippen LogP) is 2.24. The molecule has 4 rings (SSSR count). The quantitative estimate of drug-likeness (QED) is 0.862. The van der Waals surface area contributed by atoms with Crippen LogP contribution in [0, 0.1) is 10.8 Å². The molecular formula is C20H27N5O2. The summed E-state index contributed by atoms with van der Waals surface area (Å²) in [5, 5.41) is 17.3. The molecule has 2 aliphatic rings. The van der Waals surface area contributed by atoms with Crippen molar-refractivity contribution in [2.24, 2.45) is 10.8 Å². The molecule has 0 aliphatic heterocycles. The van der Waals surface area contributed by atoms with Crippen molar-refractivity contribution in [3.8, 4) is 5.82 Å². The Bertz CT molecular complexity index is 870. The zero-order valence-corrected chi connectivity index (χ0v) is 16.4. The number of carbonyl (C=O) groups excluding carboxylic acids is 1. The number of rotatable bonds is 4. The summed E-state index contributed by atoms with van der Waals surface area (Å²) < 4.78 is 1.80. The van der Waals surface area contributed by atoms with E-state index in [1.54, 1.807) is 23.3 Å². The highest BCUT2D eigenvalue weighted by Crippen LogP contribution is 2.65. The fraction of sp³-hybridized carbons (Fsp3) is 0.600. The third-order valence-corrected chi connectivity index (χ3v) is 6.17. The van der Waals surface area contributed by atoms with Gasteiger partial charge in [0.1, 0.15) is 0 Å². The molecule has 2 aromatic rings. The Labute approximate surface area is 159 Å². The highest BCUT2D eigenvalue weighted by Gasteiger charge is 2.56. The second-order valence-corrected chi connectivity index (χ2v) is 9.17. The molecule has 2 aliphatic carbocycles. The summed E-state index contributed by atoms with van der Waals surface area (Å²) in [4.78, 5) is 21.6. The fourth-order valence-electron chi connectivity index (χ4n) is 4.11. The van der Waals surface area contributed by atoms with Gasteiger partial charge in [0.15, 0.2) is 11.5 Å². The van der Waals surface area contributed by atoms with E-state index >= 15 is 0 Å². The van der Waals surface area contributed by atoms with Crippen molar-refractivity contribution in [1.82, 2.24) is 25.1 Å². The summed E-state index contributed by atoms with van der Waals surface area (Å²) in [7, 11) is 0. The van der Waals surface area contributed by atoms with Crippen molar-refractivity contribution in [1.29, 1.82) is 0 Å². The molecule has 0 saturated heterocycles. The molecule has 1 fully saturated rings. The first-order valence-corrected chi connectivity index (χ1v) is 9.54. The maximum Gasteiger partial charge on any atom is 0.272 e. The van der Waals surface area contributed by atoms with Gasteiger partial charge in [-0.1, -0.05) is 27.7 Å². The lowest BCUT2D eigenvalue weighted by atomic mass is 9.86. The number of aliphatic hydroxyl groups excluding tert-OH is 1. The number of nitrogens with one attached hydrogen (secondary N) is 1. The number of nitrogens with zero attached hydrogens (tertiary/aromatic N) is 4. The summed E-state index contributed by atoms with van der Waals surface area (Å²) >= 11 is 0. The van der Waals surface area contributed by atoms with Gasteiger partial charge in [-0.15, -0.1) is 0 Å². The minimum Gasteiger partial charge on any atom is -0.394 e. The number of fused-ring (bicyclic) bond motifs is 3. The Morgan fingerprint density at radius 3 is 2.85 bits per heavy atom. The van der Waals surface area contributed by atoms with Crippen molar-refractivity contribution in [3.63, 3.8) is 0 Å². The van der Waals surface area contributed by atoms with Crippen molar-refractivity contribution in [2.75, 3.05) is 6.61 Å². The molecule has 0 aromatic carbocycles. The smallest absolute Gasteiger partial charge is 0.272 e. The normalized spacial score (nSPS) is 24.7. The van der Waals surface area contributed by atoms with E-state index in [-0.39, 0.29) is 24.0 Å². The van der Waals surface area contributed by atoms with Crippen LogP contribution in [-0.2, 0) is 6.42 Å². The fourth-order valence-corrected chi connectivity index (χ4v) is 4.11. The van der Waals surface area contributed by atoms with Gasteiger partial charge >= 0.3 is 0 Å². The van der Waals surface area contributed by atoms with E-state index in [1.807, 2.05) is 20.8 Å². The van der Waals surface area contributed by atoms with Crippen molar-refractivity contribution in [3.05, 3.63) is 35.5 Å². The summed E-state index contributed by atoms with van der Waals surface area (Å²) in [6, 6.07) is -0.336. The van der Waals surface area contributed by atoms with Gasteiger partial charge in [0.2, 0.25) is 0 Å². The minimum atomic E-state index is -0.336. The average Bonchev–Trinajstić information content (AvgIpc) is 3.17. The van der Waals surface area contributed by atoms with Gasteiger partial charge < -0.3 is 10.4 Å². The molecule has 27 heavy (non-hydrogen) atoms. The Balaban J connectivity index is 1.74. The van der Waals surface area contributed by atoms with Crippen LogP contribution >= 0.6 is 0 Å². The van der Waals surface area contributed by atoms with Crippen LogP contribution in [0.3, 0.4) is 0 Å². The molecule has 0 radical (unpaired) electrons. The Hall–Kier alpha value is -2.28. The molecule has 144 valence electrons.